The van der Waals surface area contributed by atoms with Crippen molar-refractivity contribution in [1.29, 1.82) is 0 Å². The maximum Gasteiger partial charge on any atom is 0.374 e. The summed E-state index contributed by atoms with van der Waals surface area (Å²) in [6.45, 7) is 1.88. The Morgan fingerprint density at radius 1 is 1.26 bits per heavy atom. The second-order valence-corrected chi connectivity index (χ2v) is 8.27. The Balaban J connectivity index is 1.52. The van der Waals surface area contributed by atoms with Crippen molar-refractivity contribution in [2.75, 3.05) is 0 Å². The van der Waals surface area contributed by atoms with Gasteiger partial charge in [-0.15, -0.1) is 0 Å². The van der Waals surface area contributed by atoms with E-state index in [4.69, 9.17) is 13.7 Å². The van der Waals surface area contributed by atoms with Gasteiger partial charge in [0.15, 0.2) is 0 Å². The van der Waals surface area contributed by atoms with E-state index in [1.54, 1.807) is 13.0 Å². The summed E-state index contributed by atoms with van der Waals surface area (Å²) in [5.74, 6) is 1.30. The molecule has 1 fully saturated rings. The van der Waals surface area contributed by atoms with E-state index in [0.29, 0.717) is 22.5 Å². The summed E-state index contributed by atoms with van der Waals surface area (Å²) in [5.41, 5.74) is 2.25. The number of thioether (sulfide) groups is 1. The van der Waals surface area contributed by atoms with Crippen molar-refractivity contribution in [3.05, 3.63) is 53.1 Å². The Kier molecular flexibility index (Phi) is 5.53. The van der Waals surface area contributed by atoms with Gasteiger partial charge in [0, 0.05) is 28.0 Å². The number of esters is 1. The van der Waals surface area contributed by atoms with E-state index in [0.717, 1.165) is 22.3 Å². The summed E-state index contributed by atoms with van der Waals surface area (Å²) in [6.07, 6.45) is 6.45. The van der Waals surface area contributed by atoms with E-state index < -0.39 is 5.97 Å². The van der Waals surface area contributed by atoms with Gasteiger partial charge in [0.1, 0.15) is 23.6 Å². The van der Waals surface area contributed by atoms with Crippen molar-refractivity contribution in [3.63, 3.8) is 0 Å². The average Bonchev–Trinajstić information content (AvgIpc) is 3.28. The van der Waals surface area contributed by atoms with Crippen molar-refractivity contribution in [2.24, 2.45) is 0 Å². The minimum Gasteiger partial charge on any atom is -0.453 e. The number of aromatic nitrogens is 1. The standard InChI is InChI=1S/C21H23NO4S/c1-14-11-15(22-26-14)12-24-21(23)20-18(13-27-16-7-3-2-4-8-16)17-9-5-6-10-19(17)25-20/h5-6,9-11,16H,2-4,7-8,12-13H2,1H3. The second kappa shape index (κ2) is 8.21. The number of aryl methyl sites for hydroxylation is 1. The van der Waals surface area contributed by atoms with Crippen LogP contribution in [0.25, 0.3) is 11.0 Å². The molecule has 6 heteroatoms. The quantitative estimate of drug-likeness (QED) is 0.511. The van der Waals surface area contributed by atoms with Crippen LogP contribution >= 0.6 is 11.8 Å². The molecule has 0 aliphatic heterocycles. The first-order valence-corrected chi connectivity index (χ1v) is 10.5. The van der Waals surface area contributed by atoms with Crippen LogP contribution in [0.3, 0.4) is 0 Å². The van der Waals surface area contributed by atoms with E-state index in [-0.39, 0.29) is 6.61 Å². The first kappa shape index (κ1) is 18.2. The minimum atomic E-state index is -0.453. The fraction of sp³-hybridized carbons (Fsp3) is 0.429. The zero-order valence-corrected chi connectivity index (χ0v) is 16.2. The summed E-state index contributed by atoms with van der Waals surface area (Å²) in [6, 6.07) is 9.54. The molecule has 2 aromatic heterocycles. The molecule has 3 aromatic rings. The van der Waals surface area contributed by atoms with Gasteiger partial charge < -0.3 is 13.7 Å². The summed E-state index contributed by atoms with van der Waals surface area (Å²) in [7, 11) is 0. The van der Waals surface area contributed by atoms with Gasteiger partial charge in [0.2, 0.25) is 5.76 Å². The highest BCUT2D eigenvalue weighted by Crippen LogP contribution is 2.35. The van der Waals surface area contributed by atoms with Gasteiger partial charge in [0.05, 0.1) is 0 Å². The lowest BCUT2D eigenvalue weighted by molar-refractivity contribution is 0.0429. The molecule has 0 amide bonds. The number of hydrogen-bond donors (Lipinski definition) is 0. The highest BCUT2D eigenvalue weighted by Gasteiger charge is 2.24. The molecule has 27 heavy (non-hydrogen) atoms. The largest absolute Gasteiger partial charge is 0.453 e. The predicted molar refractivity (Wildman–Crippen MR) is 105 cm³/mol. The van der Waals surface area contributed by atoms with Crippen LogP contribution in [0.4, 0.5) is 0 Å². The lowest BCUT2D eigenvalue weighted by Gasteiger charge is -2.20. The monoisotopic (exact) mass is 385 g/mol. The van der Waals surface area contributed by atoms with E-state index >= 15 is 0 Å². The fourth-order valence-electron chi connectivity index (χ4n) is 3.53. The Morgan fingerprint density at radius 3 is 2.85 bits per heavy atom. The molecular weight excluding hydrogens is 362 g/mol. The summed E-state index contributed by atoms with van der Waals surface area (Å²) >= 11 is 1.92. The smallest absolute Gasteiger partial charge is 0.374 e. The number of para-hydroxylation sites is 1. The van der Waals surface area contributed by atoms with Gasteiger partial charge in [0.25, 0.3) is 0 Å². The first-order chi connectivity index (χ1) is 13.2. The van der Waals surface area contributed by atoms with E-state index in [2.05, 4.69) is 5.16 Å². The normalized spacial score (nSPS) is 15.3. The van der Waals surface area contributed by atoms with Crippen LogP contribution < -0.4 is 0 Å². The molecule has 0 unspecified atom stereocenters. The van der Waals surface area contributed by atoms with Crippen molar-refractivity contribution in [3.8, 4) is 0 Å². The Bertz CT molecular complexity index is 923. The highest BCUT2D eigenvalue weighted by atomic mass is 32.2. The number of furan rings is 1. The molecule has 0 saturated heterocycles. The Hall–Kier alpha value is -2.21. The molecule has 0 N–H and O–H groups in total. The molecule has 2 heterocycles. The maximum absolute atomic E-state index is 12.7. The first-order valence-electron chi connectivity index (χ1n) is 9.42. The van der Waals surface area contributed by atoms with Crippen LogP contribution in [0.2, 0.25) is 0 Å². The molecule has 1 aliphatic carbocycles. The Labute approximate surface area is 162 Å². The van der Waals surface area contributed by atoms with E-state index in [1.165, 1.54) is 32.1 Å². The molecule has 1 aromatic carbocycles. The molecule has 1 saturated carbocycles. The van der Waals surface area contributed by atoms with Crippen LogP contribution in [-0.4, -0.2) is 16.4 Å². The number of benzene rings is 1. The third-order valence-electron chi connectivity index (χ3n) is 4.93. The van der Waals surface area contributed by atoms with Crippen molar-refractivity contribution >= 4 is 28.7 Å². The van der Waals surface area contributed by atoms with Crippen LogP contribution in [0.15, 0.2) is 39.3 Å². The van der Waals surface area contributed by atoms with Crippen molar-refractivity contribution in [2.45, 2.75) is 56.6 Å². The SMILES string of the molecule is Cc1cc(COC(=O)c2oc3ccccc3c2CSC2CCCCC2)no1. The molecule has 5 nitrogen and oxygen atoms in total. The Morgan fingerprint density at radius 2 is 2.07 bits per heavy atom. The van der Waals surface area contributed by atoms with Gasteiger partial charge in [-0.05, 0) is 25.8 Å². The molecule has 0 radical (unpaired) electrons. The van der Waals surface area contributed by atoms with E-state index in [1.807, 2.05) is 36.0 Å². The topological polar surface area (TPSA) is 65.5 Å². The molecule has 0 spiro atoms. The number of nitrogens with zero attached hydrogens (tertiary/aromatic N) is 1. The zero-order valence-electron chi connectivity index (χ0n) is 15.4. The number of carbonyl (C=O) groups is 1. The van der Waals surface area contributed by atoms with Crippen molar-refractivity contribution in [1.82, 2.24) is 5.16 Å². The summed E-state index contributed by atoms with van der Waals surface area (Å²) in [5, 5.41) is 5.51. The highest BCUT2D eigenvalue weighted by molar-refractivity contribution is 7.99. The lowest BCUT2D eigenvalue weighted by Crippen LogP contribution is -2.10. The molecule has 1 aliphatic rings. The number of hydrogen-bond acceptors (Lipinski definition) is 6. The number of carbonyl (C=O) groups excluding carboxylic acids is 1. The second-order valence-electron chi connectivity index (χ2n) is 6.98. The minimum absolute atomic E-state index is 0.0719. The number of fused-ring (bicyclic) bond motifs is 1. The van der Waals surface area contributed by atoms with Gasteiger partial charge in [-0.3, -0.25) is 0 Å². The summed E-state index contributed by atoms with van der Waals surface area (Å²) < 4.78 is 16.3. The summed E-state index contributed by atoms with van der Waals surface area (Å²) in [4.78, 5) is 12.7. The zero-order chi connectivity index (χ0) is 18.6. The van der Waals surface area contributed by atoms with Gasteiger partial charge in [-0.2, -0.15) is 11.8 Å². The average molecular weight is 385 g/mol. The van der Waals surface area contributed by atoms with Crippen LogP contribution in [-0.2, 0) is 17.1 Å². The molecular formula is C21H23NO4S. The third-order valence-corrected chi connectivity index (χ3v) is 6.33. The van der Waals surface area contributed by atoms with Crippen LogP contribution in [0.1, 0.15) is 59.7 Å². The van der Waals surface area contributed by atoms with Gasteiger partial charge >= 0.3 is 5.97 Å². The van der Waals surface area contributed by atoms with Gasteiger partial charge in [-0.25, -0.2) is 4.79 Å². The van der Waals surface area contributed by atoms with E-state index in [9.17, 15) is 4.79 Å². The number of rotatable bonds is 6. The fourth-order valence-corrected chi connectivity index (χ4v) is 4.89. The lowest BCUT2D eigenvalue weighted by atomic mass is 10.0. The third kappa shape index (κ3) is 4.21. The van der Waals surface area contributed by atoms with Crippen LogP contribution in [0, 0.1) is 6.92 Å². The molecule has 0 atom stereocenters. The number of ether oxygens (including phenoxy) is 1. The van der Waals surface area contributed by atoms with Gasteiger partial charge in [-0.1, -0.05) is 42.6 Å². The van der Waals surface area contributed by atoms with Crippen molar-refractivity contribution < 1.29 is 18.5 Å². The molecule has 142 valence electrons. The maximum atomic E-state index is 12.7. The van der Waals surface area contributed by atoms with Crippen LogP contribution in [0.5, 0.6) is 0 Å². The predicted octanol–water partition coefficient (Wildman–Crippen LogP) is 5.65. The molecule has 4 rings (SSSR count). The molecule has 0 bridgehead atoms.